The van der Waals surface area contributed by atoms with Gasteiger partial charge in [-0.25, -0.2) is 0 Å². The summed E-state index contributed by atoms with van der Waals surface area (Å²) in [5.74, 6) is 0. The van der Waals surface area contributed by atoms with Crippen LogP contribution in [0.25, 0.3) is 10.8 Å². The van der Waals surface area contributed by atoms with Crippen LogP contribution in [0.4, 0.5) is 17.1 Å². The number of fused-ring (bicyclic) bond motifs is 1. The van der Waals surface area contributed by atoms with Gasteiger partial charge in [0, 0.05) is 15.8 Å². The Hall–Kier alpha value is -2.00. The lowest BCUT2D eigenvalue weighted by Crippen LogP contribution is -1.93. The van der Waals surface area contributed by atoms with E-state index in [1.807, 2.05) is 30.3 Å². The van der Waals surface area contributed by atoms with E-state index in [0.29, 0.717) is 0 Å². The topological polar surface area (TPSA) is 38.0 Å². The van der Waals surface area contributed by atoms with Crippen LogP contribution in [0, 0.1) is 0 Å². The maximum absolute atomic E-state index is 5.74. The molecule has 0 radical (unpaired) electrons. The molecule has 0 saturated carbocycles. The lowest BCUT2D eigenvalue weighted by molar-refractivity contribution is 1.53. The van der Waals surface area contributed by atoms with Crippen LogP contribution in [-0.2, 0) is 0 Å². The van der Waals surface area contributed by atoms with Crippen LogP contribution in [0.3, 0.4) is 0 Å². The summed E-state index contributed by atoms with van der Waals surface area (Å²) >= 11 is 3.51. The summed E-state index contributed by atoms with van der Waals surface area (Å²) in [5, 5.41) is 5.85. The van der Waals surface area contributed by atoms with E-state index in [-0.39, 0.29) is 0 Å². The third-order valence-electron chi connectivity index (χ3n) is 3.02. The van der Waals surface area contributed by atoms with Gasteiger partial charge in [-0.15, -0.1) is 0 Å². The molecule has 0 aliphatic heterocycles. The molecule has 0 amide bonds. The van der Waals surface area contributed by atoms with Crippen LogP contribution < -0.4 is 11.1 Å². The fourth-order valence-corrected chi connectivity index (χ4v) is 2.55. The maximum Gasteiger partial charge on any atom is 0.0530 e. The van der Waals surface area contributed by atoms with Crippen molar-refractivity contribution in [3.05, 3.63) is 65.1 Å². The summed E-state index contributed by atoms with van der Waals surface area (Å²) in [6.45, 7) is 0. The van der Waals surface area contributed by atoms with Crippen LogP contribution in [0.1, 0.15) is 0 Å². The molecule has 0 saturated heterocycles. The lowest BCUT2D eigenvalue weighted by Gasteiger charge is -2.10. The first-order chi connectivity index (χ1) is 9.22. The zero-order chi connectivity index (χ0) is 13.2. The zero-order valence-corrected chi connectivity index (χ0v) is 11.8. The first-order valence-corrected chi connectivity index (χ1v) is 6.82. The summed E-state index contributed by atoms with van der Waals surface area (Å²) in [4.78, 5) is 0. The molecule has 0 bridgehead atoms. The van der Waals surface area contributed by atoms with Crippen LogP contribution in [-0.4, -0.2) is 0 Å². The second-order valence-corrected chi connectivity index (χ2v) is 5.28. The predicted molar refractivity (Wildman–Crippen MR) is 85.8 cm³/mol. The molecule has 3 heteroatoms. The SMILES string of the molecule is Nc1ccc(Nc2ccc3ccccc3c2)c(Br)c1. The van der Waals surface area contributed by atoms with E-state index in [1.165, 1.54) is 10.8 Å². The van der Waals surface area contributed by atoms with Gasteiger partial charge in [0.05, 0.1) is 5.69 Å². The molecule has 0 aliphatic carbocycles. The summed E-state index contributed by atoms with van der Waals surface area (Å²) in [6.07, 6.45) is 0. The van der Waals surface area contributed by atoms with Crippen molar-refractivity contribution in [1.82, 2.24) is 0 Å². The van der Waals surface area contributed by atoms with E-state index in [4.69, 9.17) is 5.73 Å². The van der Waals surface area contributed by atoms with Crippen molar-refractivity contribution in [1.29, 1.82) is 0 Å². The first-order valence-electron chi connectivity index (χ1n) is 6.03. The number of benzene rings is 3. The molecule has 3 N–H and O–H groups in total. The Labute approximate surface area is 120 Å². The third-order valence-corrected chi connectivity index (χ3v) is 3.68. The number of nitrogens with one attached hydrogen (secondary N) is 1. The van der Waals surface area contributed by atoms with Crippen LogP contribution in [0.2, 0.25) is 0 Å². The van der Waals surface area contributed by atoms with Gasteiger partial charge in [-0.1, -0.05) is 30.3 Å². The van der Waals surface area contributed by atoms with Crippen LogP contribution in [0.5, 0.6) is 0 Å². The summed E-state index contributed by atoms with van der Waals surface area (Å²) in [5.41, 5.74) is 8.55. The number of hydrogen-bond acceptors (Lipinski definition) is 2. The van der Waals surface area contributed by atoms with Gasteiger partial charge in [0.1, 0.15) is 0 Å². The molecule has 0 aromatic heterocycles. The minimum atomic E-state index is 0.746. The summed E-state index contributed by atoms with van der Waals surface area (Å²) in [7, 11) is 0. The molecule has 3 aromatic rings. The van der Waals surface area contributed by atoms with Crippen LogP contribution >= 0.6 is 15.9 Å². The molecular formula is C16H13BrN2. The Morgan fingerprint density at radius 1 is 0.842 bits per heavy atom. The van der Waals surface area contributed by atoms with E-state index >= 15 is 0 Å². The highest BCUT2D eigenvalue weighted by Gasteiger charge is 2.01. The minimum absolute atomic E-state index is 0.746. The Kier molecular flexibility index (Phi) is 3.13. The van der Waals surface area contributed by atoms with Gasteiger partial charge in [0.15, 0.2) is 0 Å². The number of nitrogen functional groups attached to an aromatic ring is 1. The molecule has 0 fully saturated rings. The van der Waals surface area contributed by atoms with Crippen molar-refractivity contribution >= 4 is 43.8 Å². The van der Waals surface area contributed by atoms with E-state index in [2.05, 4.69) is 51.6 Å². The molecule has 94 valence electrons. The zero-order valence-electron chi connectivity index (χ0n) is 10.2. The fourth-order valence-electron chi connectivity index (χ4n) is 2.06. The van der Waals surface area contributed by atoms with E-state index in [1.54, 1.807) is 0 Å². The fraction of sp³-hybridized carbons (Fsp3) is 0. The maximum atomic E-state index is 5.74. The van der Waals surface area contributed by atoms with Crippen molar-refractivity contribution in [3.8, 4) is 0 Å². The quantitative estimate of drug-likeness (QED) is 0.658. The van der Waals surface area contributed by atoms with Crippen molar-refractivity contribution in [2.45, 2.75) is 0 Å². The monoisotopic (exact) mass is 312 g/mol. The van der Waals surface area contributed by atoms with Gasteiger partial charge in [-0.05, 0) is 57.0 Å². The lowest BCUT2D eigenvalue weighted by atomic mass is 10.1. The molecule has 3 rings (SSSR count). The van der Waals surface area contributed by atoms with Gasteiger partial charge < -0.3 is 11.1 Å². The second-order valence-electron chi connectivity index (χ2n) is 4.43. The highest BCUT2D eigenvalue weighted by atomic mass is 79.9. The van der Waals surface area contributed by atoms with E-state index in [0.717, 1.165) is 21.5 Å². The van der Waals surface area contributed by atoms with Gasteiger partial charge in [-0.3, -0.25) is 0 Å². The predicted octanol–water partition coefficient (Wildman–Crippen LogP) is 4.93. The number of anilines is 3. The second kappa shape index (κ2) is 4.94. The molecule has 0 aliphatic rings. The summed E-state index contributed by atoms with van der Waals surface area (Å²) < 4.78 is 0.959. The van der Waals surface area contributed by atoms with Crippen LogP contribution in [0.15, 0.2) is 65.1 Å². The molecule has 0 heterocycles. The third kappa shape index (κ3) is 2.56. The Morgan fingerprint density at radius 2 is 1.63 bits per heavy atom. The summed E-state index contributed by atoms with van der Waals surface area (Å²) in [6, 6.07) is 20.4. The standard InChI is InChI=1S/C16H13BrN2/c17-15-10-13(18)6-8-16(15)19-14-7-5-11-3-1-2-4-12(11)9-14/h1-10,19H,18H2. The molecule has 0 spiro atoms. The average molecular weight is 313 g/mol. The van der Waals surface area contributed by atoms with E-state index in [9.17, 15) is 0 Å². The van der Waals surface area contributed by atoms with Gasteiger partial charge in [-0.2, -0.15) is 0 Å². The number of rotatable bonds is 2. The Morgan fingerprint density at radius 3 is 2.42 bits per heavy atom. The Bertz CT molecular complexity index is 738. The number of nitrogens with two attached hydrogens (primary N) is 1. The average Bonchev–Trinajstić information content (AvgIpc) is 2.42. The molecule has 0 unspecified atom stereocenters. The van der Waals surface area contributed by atoms with Crippen molar-refractivity contribution in [2.24, 2.45) is 0 Å². The van der Waals surface area contributed by atoms with Gasteiger partial charge in [0.2, 0.25) is 0 Å². The van der Waals surface area contributed by atoms with E-state index < -0.39 is 0 Å². The van der Waals surface area contributed by atoms with Gasteiger partial charge >= 0.3 is 0 Å². The highest BCUT2D eigenvalue weighted by Crippen LogP contribution is 2.29. The van der Waals surface area contributed by atoms with Gasteiger partial charge in [0.25, 0.3) is 0 Å². The smallest absolute Gasteiger partial charge is 0.0530 e. The number of halogens is 1. The molecular weight excluding hydrogens is 300 g/mol. The normalized spacial score (nSPS) is 10.6. The highest BCUT2D eigenvalue weighted by molar-refractivity contribution is 9.10. The molecule has 0 atom stereocenters. The Balaban J connectivity index is 1.96. The molecule has 19 heavy (non-hydrogen) atoms. The van der Waals surface area contributed by atoms with Crippen molar-refractivity contribution < 1.29 is 0 Å². The minimum Gasteiger partial charge on any atom is -0.399 e. The number of hydrogen-bond donors (Lipinski definition) is 2. The first kappa shape index (κ1) is 12.1. The largest absolute Gasteiger partial charge is 0.399 e. The molecule has 2 nitrogen and oxygen atoms in total. The molecule has 3 aromatic carbocycles. The van der Waals surface area contributed by atoms with Crippen molar-refractivity contribution in [2.75, 3.05) is 11.1 Å². The van der Waals surface area contributed by atoms with Crippen molar-refractivity contribution in [3.63, 3.8) is 0 Å².